The van der Waals surface area contributed by atoms with E-state index in [1.54, 1.807) is 6.33 Å². The number of hydrogen-bond acceptors (Lipinski definition) is 5. The van der Waals surface area contributed by atoms with Crippen molar-refractivity contribution in [1.29, 1.82) is 0 Å². The Balaban J connectivity index is 1.48. The van der Waals surface area contributed by atoms with Gasteiger partial charge in [0.25, 0.3) is 0 Å². The van der Waals surface area contributed by atoms with Crippen LogP contribution in [0.4, 0.5) is 5.69 Å². The van der Waals surface area contributed by atoms with Gasteiger partial charge in [0.15, 0.2) is 5.16 Å². The molecular formula is C15H19N5OS. The third kappa shape index (κ3) is 4.32. The van der Waals surface area contributed by atoms with Gasteiger partial charge in [0.05, 0.1) is 6.54 Å². The normalized spacial score (nSPS) is 14.0. The number of nitrogens with zero attached hydrogens (tertiary/aromatic N) is 3. The van der Waals surface area contributed by atoms with Gasteiger partial charge in [0, 0.05) is 17.6 Å². The SMILES string of the molecule is Cn1cnnc1Sc1ccc(NC(=O)CNCC2CC2)cc1. The van der Waals surface area contributed by atoms with Gasteiger partial charge in [-0.3, -0.25) is 4.79 Å². The Kier molecular flexibility index (Phi) is 4.74. The molecule has 0 spiro atoms. The van der Waals surface area contributed by atoms with E-state index >= 15 is 0 Å². The van der Waals surface area contributed by atoms with Crippen molar-refractivity contribution in [2.45, 2.75) is 22.9 Å². The van der Waals surface area contributed by atoms with Crippen molar-refractivity contribution in [2.24, 2.45) is 13.0 Å². The summed E-state index contributed by atoms with van der Waals surface area (Å²) in [6.45, 7) is 1.31. The molecule has 0 unspecified atom stereocenters. The van der Waals surface area contributed by atoms with E-state index in [0.29, 0.717) is 6.54 Å². The summed E-state index contributed by atoms with van der Waals surface area (Å²) in [6, 6.07) is 7.73. The smallest absolute Gasteiger partial charge is 0.238 e. The fourth-order valence-electron chi connectivity index (χ4n) is 1.99. The van der Waals surface area contributed by atoms with Crippen LogP contribution in [0.25, 0.3) is 0 Å². The molecule has 2 aromatic rings. The van der Waals surface area contributed by atoms with Crippen LogP contribution in [0.1, 0.15) is 12.8 Å². The number of aryl methyl sites for hydroxylation is 1. The highest BCUT2D eigenvalue weighted by molar-refractivity contribution is 7.99. The van der Waals surface area contributed by atoms with Gasteiger partial charge in [-0.1, -0.05) is 0 Å². The largest absolute Gasteiger partial charge is 0.325 e. The third-order valence-electron chi connectivity index (χ3n) is 3.43. The Morgan fingerprint density at radius 3 is 2.77 bits per heavy atom. The first-order chi connectivity index (χ1) is 10.7. The van der Waals surface area contributed by atoms with Crippen molar-refractivity contribution >= 4 is 23.4 Å². The summed E-state index contributed by atoms with van der Waals surface area (Å²) in [5.74, 6) is 0.777. The number of hydrogen-bond donors (Lipinski definition) is 2. The zero-order chi connectivity index (χ0) is 15.4. The molecule has 1 saturated carbocycles. The van der Waals surface area contributed by atoms with Crippen molar-refractivity contribution in [3.8, 4) is 0 Å². The molecule has 7 heteroatoms. The predicted octanol–water partition coefficient (Wildman–Crippen LogP) is 1.90. The second-order valence-electron chi connectivity index (χ2n) is 5.47. The second kappa shape index (κ2) is 6.93. The summed E-state index contributed by atoms with van der Waals surface area (Å²) >= 11 is 1.54. The molecule has 0 saturated heterocycles. The zero-order valence-corrected chi connectivity index (χ0v) is 13.3. The highest BCUT2D eigenvalue weighted by Crippen LogP contribution is 2.27. The Hall–Kier alpha value is -1.86. The minimum Gasteiger partial charge on any atom is -0.325 e. The molecule has 0 radical (unpaired) electrons. The molecule has 1 amide bonds. The maximum absolute atomic E-state index is 11.8. The second-order valence-corrected chi connectivity index (χ2v) is 6.51. The lowest BCUT2D eigenvalue weighted by Gasteiger charge is -2.07. The molecule has 6 nitrogen and oxygen atoms in total. The summed E-state index contributed by atoms with van der Waals surface area (Å²) in [7, 11) is 1.91. The van der Waals surface area contributed by atoms with Gasteiger partial charge in [0.2, 0.25) is 5.91 Å². The first kappa shape index (κ1) is 15.1. The van der Waals surface area contributed by atoms with E-state index < -0.39 is 0 Å². The lowest BCUT2D eigenvalue weighted by molar-refractivity contribution is -0.115. The van der Waals surface area contributed by atoms with Crippen LogP contribution in [0.3, 0.4) is 0 Å². The first-order valence-corrected chi connectivity index (χ1v) is 8.15. The van der Waals surface area contributed by atoms with Crippen LogP contribution < -0.4 is 10.6 Å². The quantitative estimate of drug-likeness (QED) is 0.816. The van der Waals surface area contributed by atoms with Crippen LogP contribution in [0.2, 0.25) is 0 Å². The minimum atomic E-state index is -0.00523. The Bertz CT molecular complexity index is 636. The predicted molar refractivity (Wildman–Crippen MR) is 85.8 cm³/mol. The number of rotatable bonds is 7. The maximum atomic E-state index is 11.8. The van der Waals surface area contributed by atoms with Gasteiger partial charge < -0.3 is 15.2 Å². The van der Waals surface area contributed by atoms with Gasteiger partial charge in [-0.05, 0) is 61.3 Å². The number of carbonyl (C=O) groups excluding carboxylic acids is 1. The van der Waals surface area contributed by atoms with E-state index in [9.17, 15) is 4.79 Å². The van der Waals surface area contributed by atoms with Crippen LogP contribution in [0.15, 0.2) is 40.6 Å². The number of benzene rings is 1. The summed E-state index contributed by atoms with van der Waals surface area (Å²) in [5, 5.41) is 14.8. The van der Waals surface area contributed by atoms with Crippen LogP contribution in [-0.4, -0.2) is 33.8 Å². The molecule has 0 bridgehead atoms. The van der Waals surface area contributed by atoms with Crippen LogP contribution in [-0.2, 0) is 11.8 Å². The number of amides is 1. The lowest BCUT2D eigenvalue weighted by atomic mass is 10.3. The minimum absolute atomic E-state index is 0.00523. The maximum Gasteiger partial charge on any atom is 0.238 e. The molecule has 1 heterocycles. The molecule has 2 N–H and O–H groups in total. The fourth-order valence-corrected chi connectivity index (χ4v) is 2.76. The lowest BCUT2D eigenvalue weighted by Crippen LogP contribution is -2.29. The van der Waals surface area contributed by atoms with Crippen molar-refractivity contribution in [3.63, 3.8) is 0 Å². The Labute approximate surface area is 133 Å². The number of nitrogens with one attached hydrogen (secondary N) is 2. The van der Waals surface area contributed by atoms with Gasteiger partial charge in [-0.15, -0.1) is 10.2 Å². The Morgan fingerprint density at radius 1 is 1.36 bits per heavy atom. The van der Waals surface area contributed by atoms with Crippen molar-refractivity contribution in [2.75, 3.05) is 18.4 Å². The molecule has 1 aliphatic rings. The summed E-state index contributed by atoms with van der Waals surface area (Å²) in [6.07, 6.45) is 4.25. The van der Waals surface area contributed by atoms with E-state index in [-0.39, 0.29) is 5.91 Å². The summed E-state index contributed by atoms with van der Waals surface area (Å²) in [4.78, 5) is 12.9. The van der Waals surface area contributed by atoms with Crippen LogP contribution >= 0.6 is 11.8 Å². The highest BCUT2D eigenvalue weighted by Gasteiger charge is 2.20. The molecule has 1 aromatic carbocycles. The summed E-state index contributed by atoms with van der Waals surface area (Å²) in [5.41, 5.74) is 0.806. The molecule has 0 aliphatic heterocycles. The first-order valence-electron chi connectivity index (χ1n) is 7.33. The molecule has 22 heavy (non-hydrogen) atoms. The van der Waals surface area contributed by atoms with E-state index in [1.165, 1.54) is 24.6 Å². The van der Waals surface area contributed by atoms with Gasteiger partial charge in [-0.25, -0.2) is 0 Å². The molecule has 1 fully saturated rings. The van der Waals surface area contributed by atoms with Gasteiger partial charge in [-0.2, -0.15) is 0 Å². The molecule has 1 aromatic heterocycles. The average Bonchev–Trinajstić information content (AvgIpc) is 3.24. The van der Waals surface area contributed by atoms with E-state index in [4.69, 9.17) is 0 Å². The number of carbonyl (C=O) groups is 1. The van der Waals surface area contributed by atoms with Gasteiger partial charge >= 0.3 is 0 Å². The zero-order valence-electron chi connectivity index (χ0n) is 12.5. The Morgan fingerprint density at radius 2 is 2.14 bits per heavy atom. The standard InChI is InChI=1S/C15H19N5OS/c1-20-10-17-19-15(20)22-13-6-4-12(5-7-13)18-14(21)9-16-8-11-2-3-11/h4-7,10-11,16H,2-3,8-9H2,1H3,(H,18,21). The van der Waals surface area contributed by atoms with Crippen molar-refractivity contribution in [3.05, 3.63) is 30.6 Å². The van der Waals surface area contributed by atoms with E-state index in [2.05, 4.69) is 20.8 Å². The molecule has 3 rings (SSSR count). The van der Waals surface area contributed by atoms with Crippen LogP contribution in [0, 0.1) is 5.92 Å². The monoisotopic (exact) mass is 317 g/mol. The fraction of sp³-hybridized carbons (Fsp3) is 0.400. The van der Waals surface area contributed by atoms with E-state index in [1.807, 2.05) is 35.9 Å². The topological polar surface area (TPSA) is 71.8 Å². The van der Waals surface area contributed by atoms with Crippen LogP contribution in [0.5, 0.6) is 0 Å². The summed E-state index contributed by atoms with van der Waals surface area (Å²) < 4.78 is 1.87. The average molecular weight is 317 g/mol. The molecule has 0 atom stereocenters. The highest BCUT2D eigenvalue weighted by atomic mass is 32.2. The molecule has 116 valence electrons. The third-order valence-corrected chi connectivity index (χ3v) is 4.49. The van der Waals surface area contributed by atoms with E-state index in [0.717, 1.165) is 28.2 Å². The molecular weight excluding hydrogens is 298 g/mol. The number of aromatic nitrogens is 3. The van der Waals surface area contributed by atoms with Gasteiger partial charge in [0.1, 0.15) is 6.33 Å². The van der Waals surface area contributed by atoms with Crippen molar-refractivity contribution in [1.82, 2.24) is 20.1 Å². The van der Waals surface area contributed by atoms with Crippen molar-refractivity contribution < 1.29 is 4.79 Å². The number of anilines is 1. The molecule has 1 aliphatic carbocycles.